The summed E-state index contributed by atoms with van der Waals surface area (Å²) in [6.07, 6.45) is 3.98. The van der Waals surface area contributed by atoms with E-state index in [0.29, 0.717) is 0 Å². The fraction of sp³-hybridized carbons (Fsp3) is 0.304. The topological polar surface area (TPSA) is 51.2 Å². The summed E-state index contributed by atoms with van der Waals surface area (Å²) in [5.74, 6) is 0. The Balaban J connectivity index is 1.71. The summed E-state index contributed by atoms with van der Waals surface area (Å²) < 4.78 is 4.83. The highest BCUT2D eigenvalue weighted by Gasteiger charge is 2.29. The molecular weight excluding hydrogens is 368 g/mol. The Morgan fingerprint density at radius 2 is 1.82 bits per heavy atom. The molecule has 0 spiro atoms. The van der Waals surface area contributed by atoms with Crippen molar-refractivity contribution < 1.29 is 9.53 Å². The first kappa shape index (κ1) is 18.8. The van der Waals surface area contributed by atoms with E-state index in [1.54, 1.807) is 11.8 Å². The minimum atomic E-state index is -0.354. The second-order valence-corrected chi connectivity index (χ2v) is 8.31. The number of methoxy groups -OCH3 is 1. The maximum atomic E-state index is 11.8. The molecule has 3 aromatic rings. The third-order valence-corrected chi connectivity index (χ3v) is 6.63. The number of pyridine rings is 1. The van der Waals surface area contributed by atoms with E-state index >= 15 is 0 Å². The highest BCUT2D eigenvalue weighted by Crippen LogP contribution is 2.39. The minimum Gasteiger partial charge on any atom is -0.453 e. The molecule has 4 nitrogen and oxygen atoms in total. The lowest BCUT2D eigenvalue weighted by molar-refractivity contribution is 0.163. The van der Waals surface area contributed by atoms with Crippen LogP contribution in [0.3, 0.4) is 0 Å². The van der Waals surface area contributed by atoms with Gasteiger partial charge in [-0.2, -0.15) is 0 Å². The van der Waals surface area contributed by atoms with Gasteiger partial charge in [0.05, 0.1) is 12.6 Å². The van der Waals surface area contributed by atoms with E-state index in [4.69, 9.17) is 9.72 Å². The summed E-state index contributed by atoms with van der Waals surface area (Å²) in [5, 5.41) is 5.47. The average molecular weight is 393 g/mol. The van der Waals surface area contributed by atoms with E-state index < -0.39 is 0 Å². The molecule has 1 aromatic heterocycles. The minimum absolute atomic E-state index is 0.100. The number of carbonyl (C=O) groups is 1. The van der Waals surface area contributed by atoms with Gasteiger partial charge in [-0.05, 0) is 30.5 Å². The van der Waals surface area contributed by atoms with Crippen molar-refractivity contribution in [2.75, 3.05) is 7.11 Å². The molecule has 0 aliphatic heterocycles. The number of amides is 1. The van der Waals surface area contributed by atoms with Gasteiger partial charge in [-0.25, -0.2) is 9.78 Å². The van der Waals surface area contributed by atoms with Gasteiger partial charge in [-0.3, -0.25) is 0 Å². The van der Waals surface area contributed by atoms with Crippen molar-refractivity contribution >= 4 is 28.8 Å². The van der Waals surface area contributed by atoms with Gasteiger partial charge in [-0.15, -0.1) is 11.8 Å². The number of fused-ring (bicyclic) bond motifs is 1. The lowest BCUT2D eigenvalue weighted by Crippen LogP contribution is -2.43. The van der Waals surface area contributed by atoms with Gasteiger partial charge in [0.2, 0.25) is 0 Å². The number of hydrogen-bond acceptors (Lipinski definition) is 4. The first-order valence-electron chi connectivity index (χ1n) is 9.71. The first-order chi connectivity index (χ1) is 13.7. The molecule has 1 aliphatic carbocycles. The van der Waals surface area contributed by atoms with Crippen molar-refractivity contribution in [2.45, 2.75) is 42.0 Å². The smallest absolute Gasteiger partial charge is 0.407 e. The summed E-state index contributed by atoms with van der Waals surface area (Å²) in [7, 11) is 1.42. The maximum absolute atomic E-state index is 11.8. The van der Waals surface area contributed by atoms with Crippen LogP contribution in [0, 0.1) is 0 Å². The largest absolute Gasteiger partial charge is 0.453 e. The number of aromatic nitrogens is 1. The number of thioether (sulfide) groups is 1. The number of carbonyl (C=O) groups excluding carboxylic acids is 1. The molecular formula is C23H24N2O2S. The molecule has 1 amide bonds. The van der Waals surface area contributed by atoms with Crippen molar-refractivity contribution in [1.29, 1.82) is 0 Å². The van der Waals surface area contributed by atoms with E-state index in [0.717, 1.165) is 46.3 Å². The Labute approximate surface area is 169 Å². The SMILES string of the molecule is COC(=O)N[C@@H]1CCCC[C@@H]1Sc1nc2ccccc2cc1-c1ccccc1. The molecule has 2 atom stereocenters. The molecule has 1 aliphatic rings. The van der Waals surface area contributed by atoms with Crippen molar-refractivity contribution in [3.8, 4) is 11.1 Å². The Morgan fingerprint density at radius 1 is 1.07 bits per heavy atom. The number of benzene rings is 2. The summed E-state index contributed by atoms with van der Waals surface area (Å²) in [6, 6.07) is 20.9. The molecule has 1 saturated carbocycles. The lowest BCUT2D eigenvalue weighted by atomic mass is 9.95. The molecule has 1 fully saturated rings. The number of alkyl carbamates (subject to hydrolysis) is 1. The summed E-state index contributed by atoms with van der Waals surface area (Å²) >= 11 is 1.78. The third-order valence-electron chi connectivity index (χ3n) is 5.23. The molecule has 1 N–H and O–H groups in total. The van der Waals surface area contributed by atoms with Gasteiger partial charge >= 0.3 is 6.09 Å². The fourth-order valence-corrected chi connectivity index (χ4v) is 5.16. The van der Waals surface area contributed by atoms with Crippen molar-refractivity contribution in [2.24, 2.45) is 0 Å². The van der Waals surface area contributed by atoms with Gasteiger partial charge in [0.1, 0.15) is 5.03 Å². The van der Waals surface area contributed by atoms with Crippen LogP contribution in [0.1, 0.15) is 25.7 Å². The zero-order valence-electron chi connectivity index (χ0n) is 15.9. The first-order valence-corrected chi connectivity index (χ1v) is 10.6. The molecule has 1 heterocycles. The number of para-hydroxylation sites is 1. The quantitative estimate of drug-likeness (QED) is 0.622. The number of nitrogens with zero attached hydrogens (tertiary/aromatic N) is 1. The highest BCUT2D eigenvalue weighted by atomic mass is 32.2. The van der Waals surface area contributed by atoms with Gasteiger partial charge in [0, 0.05) is 22.2 Å². The van der Waals surface area contributed by atoms with E-state index in [1.165, 1.54) is 13.5 Å². The number of rotatable bonds is 4. The van der Waals surface area contributed by atoms with Crippen LogP contribution in [-0.4, -0.2) is 29.5 Å². The Bertz CT molecular complexity index is 961. The van der Waals surface area contributed by atoms with E-state index in [2.05, 4.69) is 47.8 Å². The second-order valence-electron chi connectivity index (χ2n) is 7.08. The lowest BCUT2D eigenvalue weighted by Gasteiger charge is -2.31. The monoisotopic (exact) mass is 392 g/mol. The Hall–Kier alpha value is -2.53. The molecule has 144 valence electrons. The highest BCUT2D eigenvalue weighted by molar-refractivity contribution is 8.00. The van der Waals surface area contributed by atoms with Crippen LogP contribution in [0.5, 0.6) is 0 Å². The fourth-order valence-electron chi connectivity index (χ4n) is 3.77. The molecule has 0 bridgehead atoms. The molecule has 4 rings (SSSR count). The van der Waals surface area contributed by atoms with Gasteiger partial charge in [-0.1, -0.05) is 61.4 Å². The predicted octanol–water partition coefficient (Wildman–Crippen LogP) is 5.66. The van der Waals surface area contributed by atoms with Crippen LogP contribution in [-0.2, 0) is 4.74 Å². The van der Waals surface area contributed by atoms with Crippen molar-refractivity contribution in [3.05, 3.63) is 60.7 Å². The molecule has 5 heteroatoms. The standard InChI is InChI=1S/C23H24N2O2S/c1-27-23(26)25-20-13-7-8-14-21(20)28-22-18(16-9-3-2-4-10-16)15-17-11-5-6-12-19(17)24-22/h2-6,9-12,15,20-21H,7-8,13-14H2,1H3,(H,25,26)/t20-,21+/m1/s1. The summed E-state index contributed by atoms with van der Waals surface area (Å²) in [6.45, 7) is 0. The predicted molar refractivity (Wildman–Crippen MR) is 115 cm³/mol. The van der Waals surface area contributed by atoms with Gasteiger partial charge in [0.25, 0.3) is 0 Å². The van der Waals surface area contributed by atoms with E-state index in [1.807, 2.05) is 18.2 Å². The third kappa shape index (κ3) is 4.14. The van der Waals surface area contributed by atoms with Crippen LogP contribution in [0.2, 0.25) is 0 Å². The average Bonchev–Trinajstić information content (AvgIpc) is 2.75. The molecule has 0 unspecified atom stereocenters. The van der Waals surface area contributed by atoms with Crippen LogP contribution in [0.25, 0.3) is 22.0 Å². The number of hydrogen-bond donors (Lipinski definition) is 1. The van der Waals surface area contributed by atoms with Crippen LogP contribution < -0.4 is 5.32 Å². The summed E-state index contributed by atoms with van der Waals surface area (Å²) in [4.78, 5) is 16.8. The van der Waals surface area contributed by atoms with Crippen LogP contribution in [0.4, 0.5) is 4.79 Å². The zero-order valence-corrected chi connectivity index (χ0v) is 16.7. The molecule has 2 aromatic carbocycles. The zero-order chi connectivity index (χ0) is 19.3. The number of nitrogens with one attached hydrogen (secondary N) is 1. The molecule has 0 saturated heterocycles. The second kappa shape index (κ2) is 8.65. The van der Waals surface area contributed by atoms with Crippen molar-refractivity contribution in [1.82, 2.24) is 10.3 Å². The van der Waals surface area contributed by atoms with Crippen LogP contribution >= 0.6 is 11.8 Å². The Morgan fingerprint density at radius 3 is 2.64 bits per heavy atom. The van der Waals surface area contributed by atoms with Gasteiger partial charge < -0.3 is 10.1 Å². The summed E-state index contributed by atoms with van der Waals surface area (Å²) in [5.41, 5.74) is 3.31. The molecule has 0 radical (unpaired) electrons. The van der Waals surface area contributed by atoms with E-state index in [-0.39, 0.29) is 17.4 Å². The van der Waals surface area contributed by atoms with Crippen LogP contribution in [0.15, 0.2) is 65.7 Å². The maximum Gasteiger partial charge on any atom is 0.407 e. The van der Waals surface area contributed by atoms with Gasteiger partial charge in [0.15, 0.2) is 0 Å². The van der Waals surface area contributed by atoms with E-state index in [9.17, 15) is 4.79 Å². The number of ether oxygens (including phenoxy) is 1. The Kier molecular flexibility index (Phi) is 5.81. The molecule has 28 heavy (non-hydrogen) atoms. The van der Waals surface area contributed by atoms with Crippen molar-refractivity contribution in [3.63, 3.8) is 0 Å². The normalized spacial score (nSPS) is 19.3.